The Morgan fingerprint density at radius 2 is 2.23 bits per heavy atom. The van der Waals surface area contributed by atoms with Crippen molar-refractivity contribution in [3.63, 3.8) is 0 Å². The van der Waals surface area contributed by atoms with Crippen LogP contribution in [0.5, 0.6) is 0 Å². The van der Waals surface area contributed by atoms with Crippen molar-refractivity contribution in [2.75, 3.05) is 11.9 Å². The maximum absolute atomic E-state index is 12.3. The molecule has 0 spiro atoms. The van der Waals surface area contributed by atoms with E-state index in [1.807, 2.05) is 18.2 Å². The summed E-state index contributed by atoms with van der Waals surface area (Å²) in [7, 11) is 0. The van der Waals surface area contributed by atoms with Gasteiger partial charge in [-0.2, -0.15) is 0 Å². The summed E-state index contributed by atoms with van der Waals surface area (Å²) in [5.74, 6) is -0.126. The highest BCUT2D eigenvalue weighted by molar-refractivity contribution is 8.00. The Hall–Kier alpha value is -0.460. The number of ether oxygens (including phenoxy) is 1. The summed E-state index contributed by atoms with van der Waals surface area (Å²) in [6.45, 7) is 4.63. The van der Waals surface area contributed by atoms with Gasteiger partial charge in [0.2, 0.25) is 0 Å². The summed E-state index contributed by atoms with van der Waals surface area (Å²) in [6.07, 6.45) is 1.11. The lowest BCUT2D eigenvalue weighted by molar-refractivity contribution is -0.126. The van der Waals surface area contributed by atoms with E-state index in [1.165, 1.54) is 0 Å². The van der Waals surface area contributed by atoms with Crippen LogP contribution in [0.4, 0.5) is 5.69 Å². The zero-order chi connectivity index (χ0) is 15.4. The molecule has 1 aromatic carbocycles. The largest absolute Gasteiger partial charge is 0.364 e. The quantitative estimate of drug-likeness (QED) is 0.781. The van der Waals surface area contributed by atoms with E-state index >= 15 is 0 Å². The SMILES string of the molecule is CC(C)Sc1c(Cl)cccc1NC(=O)[C@@H]1CC[C@H](CN)O1.Cl. The molecule has 1 aromatic rings. The number of carbonyl (C=O) groups excluding carboxylic acids is 1. The summed E-state index contributed by atoms with van der Waals surface area (Å²) >= 11 is 7.88. The smallest absolute Gasteiger partial charge is 0.253 e. The number of hydrogen-bond donors (Lipinski definition) is 2. The Balaban J connectivity index is 0.00000242. The van der Waals surface area contributed by atoms with Crippen molar-refractivity contribution in [3.8, 4) is 0 Å². The van der Waals surface area contributed by atoms with Gasteiger partial charge < -0.3 is 15.8 Å². The molecule has 1 fully saturated rings. The molecule has 1 saturated heterocycles. The van der Waals surface area contributed by atoms with Gasteiger partial charge in [0.25, 0.3) is 5.91 Å². The molecule has 0 unspecified atom stereocenters. The maximum atomic E-state index is 12.3. The molecular formula is C15H22Cl2N2O2S. The Morgan fingerprint density at radius 1 is 1.50 bits per heavy atom. The zero-order valence-corrected chi connectivity index (χ0v) is 15.1. The third-order valence-electron chi connectivity index (χ3n) is 3.24. The lowest BCUT2D eigenvalue weighted by Gasteiger charge is -2.16. The van der Waals surface area contributed by atoms with Gasteiger partial charge in [0.15, 0.2) is 0 Å². The number of anilines is 1. The molecule has 0 aliphatic carbocycles. The van der Waals surface area contributed by atoms with Crippen molar-refractivity contribution < 1.29 is 9.53 Å². The van der Waals surface area contributed by atoms with Crippen molar-refractivity contribution >= 4 is 47.4 Å². The normalized spacial score (nSPS) is 20.8. The van der Waals surface area contributed by atoms with Crippen LogP contribution in [0.15, 0.2) is 23.1 Å². The molecule has 22 heavy (non-hydrogen) atoms. The van der Waals surface area contributed by atoms with Crippen LogP contribution in [-0.2, 0) is 9.53 Å². The van der Waals surface area contributed by atoms with Gasteiger partial charge in [0.1, 0.15) is 6.10 Å². The van der Waals surface area contributed by atoms with Crippen LogP contribution in [0, 0.1) is 0 Å². The van der Waals surface area contributed by atoms with Gasteiger partial charge in [0, 0.05) is 16.7 Å². The van der Waals surface area contributed by atoms with Crippen LogP contribution in [-0.4, -0.2) is 29.9 Å². The molecule has 0 bridgehead atoms. The van der Waals surface area contributed by atoms with E-state index in [2.05, 4.69) is 19.2 Å². The minimum atomic E-state index is -0.422. The maximum Gasteiger partial charge on any atom is 0.253 e. The molecule has 2 rings (SSSR count). The third-order valence-corrected chi connectivity index (χ3v) is 4.82. The number of rotatable bonds is 5. The third kappa shape index (κ3) is 5.03. The Bertz CT molecular complexity index is 514. The summed E-state index contributed by atoms with van der Waals surface area (Å²) in [4.78, 5) is 13.2. The molecule has 0 aromatic heterocycles. The second-order valence-corrected chi connectivity index (χ2v) is 7.33. The fraction of sp³-hybridized carbons (Fsp3) is 0.533. The summed E-state index contributed by atoms with van der Waals surface area (Å²) < 4.78 is 5.62. The Morgan fingerprint density at radius 3 is 2.82 bits per heavy atom. The van der Waals surface area contributed by atoms with E-state index < -0.39 is 6.10 Å². The van der Waals surface area contributed by atoms with E-state index in [-0.39, 0.29) is 24.4 Å². The highest BCUT2D eigenvalue weighted by atomic mass is 35.5. The van der Waals surface area contributed by atoms with Gasteiger partial charge in [-0.05, 0) is 25.0 Å². The molecule has 124 valence electrons. The molecule has 7 heteroatoms. The van der Waals surface area contributed by atoms with Crippen molar-refractivity contribution in [2.24, 2.45) is 5.73 Å². The van der Waals surface area contributed by atoms with Crippen molar-refractivity contribution in [2.45, 2.75) is 49.0 Å². The first-order valence-electron chi connectivity index (χ1n) is 7.12. The summed E-state index contributed by atoms with van der Waals surface area (Å²) in [5.41, 5.74) is 6.31. The van der Waals surface area contributed by atoms with E-state index in [0.29, 0.717) is 23.2 Å². The number of hydrogen-bond acceptors (Lipinski definition) is 4. The first kappa shape index (κ1) is 19.6. The van der Waals surface area contributed by atoms with E-state index in [0.717, 1.165) is 17.0 Å². The van der Waals surface area contributed by atoms with Gasteiger partial charge in [-0.15, -0.1) is 24.2 Å². The number of halogens is 2. The lowest BCUT2D eigenvalue weighted by atomic mass is 10.2. The van der Waals surface area contributed by atoms with Crippen LogP contribution < -0.4 is 11.1 Å². The minimum absolute atomic E-state index is 0. The van der Waals surface area contributed by atoms with Gasteiger partial charge >= 0.3 is 0 Å². The average Bonchev–Trinajstić information content (AvgIpc) is 2.91. The lowest BCUT2D eigenvalue weighted by Crippen LogP contribution is -2.30. The van der Waals surface area contributed by atoms with Gasteiger partial charge in [-0.1, -0.05) is 31.5 Å². The highest BCUT2D eigenvalue weighted by Crippen LogP contribution is 2.36. The highest BCUT2D eigenvalue weighted by Gasteiger charge is 2.30. The predicted octanol–water partition coefficient (Wildman–Crippen LogP) is 3.71. The number of thioether (sulfide) groups is 1. The van der Waals surface area contributed by atoms with Crippen molar-refractivity contribution in [3.05, 3.63) is 23.2 Å². The van der Waals surface area contributed by atoms with Crippen molar-refractivity contribution in [1.82, 2.24) is 0 Å². The first-order valence-corrected chi connectivity index (χ1v) is 8.38. The number of benzene rings is 1. The average molecular weight is 365 g/mol. The summed E-state index contributed by atoms with van der Waals surface area (Å²) in [6, 6.07) is 5.53. The van der Waals surface area contributed by atoms with E-state index in [1.54, 1.807) is 11.8 Å². The fourth-order valence-corrected chi connectivity index (χ4v) is 3.45. The van der Waals surface area contributed by atoms with Crippen LogP contribution >= 0.6 is 35.8 Å². The molecule has 2 atom stereocenters. The zero-order valence-electron chi connectivity index (χ0n) is 12.7. The van der Waals surface area contributed by atoms with Crippen LogP contribution in [0.2, 0.25) is 5.02 Å². The fourth-order valence-electron chi connectivity index (χ4n) is 2.25. The Kier molecular flexibility index (Phi) is 8.00. The molecule has 3 N–H and O–H groups in total. The van der Waals surface area contributed by atoms with E-state index in [4.69, 9.17) is 22.1 Å². The first-order chi connectivity index (χ1) is 10.0. The second kappa shape index (κ2) is 8.99. The monoisotopic (exact) mass is 364 g/mol. The molecule has 1 aliphatic heterocycles. The molecule has 1 amide bonds. The van der Waals surface area contributed by atoms with Crippen LogP contribution in [0.3, 0.4) is 0 Å². The standard InChI is InChI=1S/C15H21ClN2O2S.ClH/c1-9(2)21-14-11(16)4-3-5-12(14)18-15(19)13-7-6-10(8-17)20-13;/h3-5,9-10,13H,6-8,17H2,1-2H3,(H,18,19);1H/t10-,13+;/m1./s1. The molecule has 0 radical (unpaired) electrons. The predicted molar refractivity (Wildman–Crippen MR) is 95.3 cm³/mol. The number of nitrogens with one attached hydrogen (secondary N) is 1. The molecule has 1 aliphatic rings. The molecule has 1 heterocycles. The van der Waals surface area contributed by atoms with Crippen LogP contribution in [0.25, 0.3) is 0 Å². The number of amides is 1. The number of carbonyl (C=O) groups is 1. The molecule has 0 saturated carbocycles. The topological polar surface area (TPSA) is 64.4 Å². The number of nitrogens with two attached hydrogens (primary N) is 1. The molecular weight excluding hydrogens is 343 g/mol. The second-order valence-electron chi connectivity index (χ2n) is 5.33. The van der Waals surface area contributed by atoms with Gasteiger partial charge in [-0.3, -0.25) is 4.79 Å². The minimum Gasteiger partial charge on any atom is -0.364 e. The molecule has 4 nitrogen and oxygen atoms in total. The van der Waals surface area contributed by atoms with Crippen molar-refractivity contribution in [1.29, 1.82) is 0 Å². The van der Waals surface area contributed by atoms with Gasteiger partial charge in [0.05, 0.1) is 16.8 Å². The van der Waals surface area contributed by atoms with Gasteiger partial charge in [-0.25, -0.2) is 0 Å². The summed E-state index contributed by atoms with van der Waals surface area (Å²) in [5, 5.41) is 3.96. The Labute approximate surface area is 146 Å². The van der Waals surface area contributed by atoms with Crippen LogP contribution in [0.1, 0.15) is 26.7 Å². The van der Waals surface area contributed by atoms with E-state index in [9.17, 15) is 4.79 Å².